The van der Waals surface area contributed by atoms with E-state index in [1.165, 1.54) is 11.1 Å². The Kier molecular flexibility index (Phi) is 6.51. The van der Waals surface area contributed by atoms with Crippen molar-refractivity contribution in [2.75, 3.05) is 7.11 Å². The van der Waals surface area contributed by atoms with E-state index < -0.39 is 0 Å². The fraction of sp³-hybridized carbons (Fsp3) is 0.364. The molecule has 186 valence electrons. The molecule has 3 aromatic carbocycles. The van der Waals surface area contributed by atoms with Crippen molar-refractivity contribution in [3.8, 4) is 5.75 Å². The summed E-state index contributed by atoms with van der Waals surface area (Å²) in [5.74, 6) is 1.32. The number of benzene rings is 3. The molecular formula is C33H36O3. The number of carbonyl (C=O) groups excluding carboxylic acids is 1. The van der Waals surface area contributed by atoms with Crippen molar-refractivity contribution in [3.63, 3.8) is 0 Å². The Morgan fingerprint density at radius 3 is 2.17 bits per heavy atom. The highest BCUT2D eigenvalue weighted by Gasteiger charge is 2.69. The molecule has 0 saturated heterocycles. The zero-order chi connectivity index (χ0) is 25.3. The van der Waals surface area contributed by atoms with Gasteiger partial charge in [0, 0.05) is 23.3 Å². The largest absolute Gasteiger partial charge is 0.497 e. The van der Waals surface area contributed by atoms with Gasteiger partial charge in [0.25, 0.3) is 0 Å². The number of ether oxygens (including phenoxy) is 2. The van der Waals surface area contributed by atoms with Crippen LogP contribution in [0.1, 0.15) is 56.2 Å². The fourth-order valence-electron chi connectivity index (χ4n) is 7.03. The van der Waals surface area contributed by atoms with Crippen LogP contribution in [-0.2, 0) is 9.53 Å². The Morgan fingerprint density at radius 2 is 1.56 bits per heavy atom. The normalized spacial score (nSPS) is 26.4. The van der Waals surface area contributed by atoms with E-state index in [1.807, 2.05) is 30.3 Å². The molecule has 2 aliphatic rings. The molecule has 3 aromatic rings. The molecule has 36 heavy (non-hydrogen) atoms. The molecule has 2 fully saturated rings. The zero-order valence-corrected chi connectivity index (χ0v) is 21.7. The van der Waals surface area contributed by atoms with Gasteiger partial charge in [0.15, 0.2) is 0 Å². The van der Waals surface area contributed by atoms with Gasteiger partial charge in [-0.2, -0.15) is 0 Å². The molecule has 0 unspecified atom stereocenters. The Hall–Kier alpha value is -3.33. The van der Waals surface area contributed by atoms with Gasteiger partial charge in [-0.1, -0.05) is 93.6 Å². The Morgan fingerprint density at radius 1 is 0.917 bits per heavy atom. The molecule has 2 saturated carbocycles. The van der Waals surface area contributed by atoms with Gasteiger partial charge in [0.05, 0.1) is 7.11 Å². The predicted molar refractivity (Wildman–Crippen MR) is 145 cm³/mol. The molecule has 0 aromatic heterocycles. The van der Waals surface area contributed by atoms with E-state index in [4.69, 9.17) is 9.47 Å². The number of fused-ring (bicyclic) bond motifs is 2. The highest BCUT2D eigenvalue weighted by atomic mass is 16.5. The first-order chi connectivity index (χ1) is 17.3. The first kappa shape index (κ1) is 24.4. The van der Waals surface area contributed by atoms with Crippen molar-refractivity contribution in [2.24, 2.45) is 22.7 Å². The number of hydrogen-bond acceptors (Lipinski definition) is 3. The summed E-state index contributed by atoms with van der Waals surface area (Å²) in [4.78, 5) is 13.3. The maximum atomic E-state index is 13.3. The van der Waals surface area contributed by atoms with Gasteiger partial charge < -0.3 is 9.47 Å². The van der Waals surface area contributed by atoms with Crippen molar-refractivity contribution in [1.82, 2.24) is 0 Å². The van der Waals surface area contributed by atoms with Crippen LogP contribution in [0.5, 0.6) is 5.75 Å². The van der Waals surface area contributed by atoms with Gasteiger partial charge in [-0.25, -0.2) is 4.79 Å². The second-order valence-electron chi connectivity index (χ2n) is 11.1. The highest BCUT2D eigenvalue weighted by Crippen LogP contribution is 2.71. The molecule has 4 atom stereocenters. The molecule has 3 heteroatoms. The molecule has 0 aliphatic heterocycles. The summed E-state index contributed by atoms with van der Waals surface area (Å²) >= 11 is 0. The topological polar surface area (TPSA) is 35.5 Å². The van der Waals surface area contributed by atoms with Crippen molar-refractivity contribution >= 4 is 12.0 Å². The zero-order valence-electron chi connectivity index (χ0n) is 21.7. The van der Waals surface area contributed by atoms with Crippen LogP contribution >= 0.6 is 0 Å². The fourth-order valence-corrected chi connectivity index (χ4v) is 7.03. The Labute approximate surface area is 215 Å². The van der Waals surface area contributed by atoms with Crippen molar-refractivity contribution in [1.29, 1.82) is 0 Å². The van der Waals surface area contributed by atoms with Crippen LogP contribution in [0.4, 0.5) is 0 Å². The lowest BCUT2D eigenvalue weighted by Gasteiger charge is -2.41. The third kappa shape index (κ3) is 4.15. The monoisotopic (exact) mass is 480 g/mol. The summed E-state index contributed by atoms with van der Waals surface area (Å²) in [7, 11) is 1.64. The van der Waals surface area contributed by atoms with Crippen LogP contribution < -0.4 is 4.74 Å². The Balaban J connectivity index is 1.51. The lowest BCUT2D eigenvalue weighted by molar-refractivity contribution is -0.154. The summed E-state index contributed by atoms with van der Waals surface area (Å²) in [6.45, 7) is 7.10. The van der Waals surface area contributed by atoms with E-state index in [0.717, 1.165) is 24.2 Å². The lowest BCUT2D eigenvalue weighted by Crippen LogP contribution is -2.42. The summed E-state index contributed by atoms with van der Waals surface area (Å²) < 4.78 is 11.8. The van der Waals surface area contributed by atoms with Crippen LogP contribution in [0.25, 0.3) is 6.08 Å². The Bertz CT molecular complexity index is 1190. The second-order valence-corrected chi connectivity index (χ2v) is 11.1. The van der Waals surface area contributed by atoms with E-state index in [2.05, 4.69) is 81.4 Å². The predicted octanol–water partition coefficient (Wildman–Crippen LogP) is 7.52. The van der Waals surface area contributed by atoms with Crippen molar-refractivity contribution in [2.45, 2.75) is 45.6 Å². The van der Waals surface area contributed by atoms with E-state index in [-0.39, 0.29) is 34.7 Å². The average molecular weight is 481 g/mol. The van der Waals surface area contributed by atoms with Crippen LogP contribution in [-0.4, -0.2) is 19.2 Å². The molecule has 5 rings (SSSR count). The minimum Gasteiger partial charge on any atom is -0.497 e. The van der Waals surface area contributed by atoms with Gasteiger partial charge in [-0.05, 0) is 59.1 Å². The maximum absolute atomic E-state index is 13.3. The molecule has 0 spiro atoms. The highest BCUT2D eigenvalue weighted by molar-refractivity contribution is 5.87. The molecule has 0 N–H and O–H groups in total. The van der Waals surface area contributed by atoms with Gasteiger partial charge in [0.1, 0.15) is 11.9 Å². The number of esters is 1. The average Bonchev–Trinajstić information content (AvgIpc) is 3.22. The first-order valence-electron chi connectivity index (χ1n) is 13.0. The second kappa shape index (κ2) is 9.61. The standard InChI is InChI=1S/C33H36O3/c1-32(2)27-20-21-33(32,3)31(36-28(34)19-18-23-12-11-17-26(22-23)35-4)30(27)29(24-13-7-5-8-14-24)25-15-9-6-10-16-25/h5-19,22,27,29-31H,20-21H2,1-4H3/b19-18+/t27-,30+,31-,33+/m1/s1. The molecule has 2 aliphatic carbocycles. The maximum Gasteiger partial charge on any atom is 0.331 e. The van der Waals surface area contributed by atoms with Crippen molar-refractivity contribution in [3.05, 3.63) is 108 Å². The number of rotatable bonds is 7. The van der Waals surface area contributed by atoms with Gasteiger partial charge in [0.2, 0.25) is 0 Å². The van der Waals surface area contributed by atoms with Gasteiger partial charge in [-0.3, -0.25) is 0 Å². The first-order valence-corrected chi connectivity index (χ1v) is 13.0. The van der Waals surface area contributed by atoms with Gasteiger partial charge >= 0.3 is 5.97 Å². The van der Waals surface area contributed by atoms with E-state index in [1.54, 1.807) is 13.2 Å². The van der Waals surface area contributed by atoms with Crippen LogP contribution in [0.3, 0.4) is 0 Å². The smallest absolute Gasteiger partial charge is 0.331 e. The summed E-state index contributed by atoms with van der Waals surface area (Å²) in [6, 6.07) is 29.2. The minimum atomic E-state index is -0.280. The molecule has 2 bridgehead atoms. The molecule has 0 amide bonds. The van der Waals surface area contributed by atoms with Crippen LogP contribution in [0.15, 0.2) is 91.0 Å². The number of carbonyl (C=O) groups is 1. The number of methoxy groups -OCH3 is 1. The SMILES string of the molecule is COc1cccc(/C=C/C(=O)O[C@@H]2[C@H](C(c3ccccc3)c3ccccc3)[C@H]3CC[C@]2(C)C3(C)C)c1. The third-order valence-electron chi connectivity index (χ3n) is 9.27. The number of hydrogen-bond donors (Lipinski definition) is 0. The minimum absolute atomic E-state index is 0.0704. The van der Waals surface area contributed by atoms with Crippen molar-refractivity contribution < 1.29 is 14.3 Å². The van der Waals surface area contributed by atoms with E-state index in [0.29, 0.717) is 5.92 Å². The summed E-state index contributed by atoms with van der Waals surface area (Å²) in [5, 5.41) is 0. The molecule has 0 radical (unpaired) electrons. The van der Waals surface area contributed by atoms with Crippen LogP contribution in [0.2, 0.25) is 0 Å². The van der Waals surface area contributed by atoms with E-state index >= 15 is 0 Å². The molecule has 3 nitrogen and oxygen atoms in total. The molecular weight excluding hydrogens is 444 g/mol. The van der Waals surface area contributed by atoms with E-state index in [9.17, 15) is 4.79 Å². The summed E-state index contributed by atoms with van der Waals surface area (Å²) in [6.07, 6.45) is 5.45. The lowest BCUT2D eigenvalue weighted by atomic mass is 9.68. The quantitative estimate of drug-likeness (QED) is 0.259. The summed E-state index contributed by atoms with van der Waals surface area (Å²) in [5.41, 5.74) is 3.47. The third-order valence-corrected chi connectivity index (χ3v) is 9.27. The van der Waals surface area contributed by atoms with Gasteiger partial charge in [-0.15, -0.1) is 0 Å². The van der Waals surface area contributed by atoms with Crippen LogP contribution in [0, 0.1) is 22.7 Å². The molecule has 0 heterocycles.